The highest BCUT2D eigenvalue weighted by Crippen LogP contribution is 2.16. The molecule has 0 saturated carbocycles. The van der Waals surface area contributed by atoms with Crippen LogP contribution < -0.4 is 5.32 Å². The molecule has 1 aliphatic heterocycles. The Hall–Kier alpha value is -1.46. The Morgan fingerprint density at radius 2 is 2.16 bits per heavy atom. The van der Waals surface area contributed by atoms with E-state index in [9.17, 15) is 14.3 Å². The van der Waals surface area contributed by atoms with Gasteiger partial charge >= 0.3 is 0 Å². The van der Waals surface area contributed by atoms with Crippen LogP contribution in [-0.2, 0) is 4.79 Å². The summed E-state index contributed by atoms with van der Waals surface area (Å²) in [6.07, 6.45) is 1.16. The Bertz CT molecular complexity index is 457. The summed E-state index contributed by atoms with van der Waals surface area (Å²) in [5.41, 5.74) is 1.35. The van der Waals surface area contributed by atoms with Crippen LogP contribution in [0.1, 0.15) is 18.4 Å². The maximum atomic E-state index is 13.1. The average molecular weight is 266 g/mol. The van der Waals surface area contributed by atoms with E-state index in [4.69, 9.17) is 0 Å². The monoisotopic (exact) mass is 266 g/mol. The summed E-state index contributed by atoms with van der Waals surface area (Å²) in [6.45, 7) is 3.54. The lowest BCUT2D eigenvalue weighted by Gasteiger charge is -2.28. The molecule has 0 aromatic heterocycles. The third kappa shape index (κ3) is 4.01. The number of aliphatic hydroxyl groups excluding tert-OH is 1. The number of halogens is 1. The standard InChI is InChI=1S/C14H19FN2O2/c1-10-2-3-11(15)8-13(10)16-14(19)9-17-6-4-12(18)5-7-17/h2-3,8,12,18H,4-7,9H2,1H3,(H,16,19). The first kappa shape index (κ1) is 14.0. The molecule has 5 heteroatoms. The molecule has 2 N–H and O–H groups in total. The van der Waals surface area contributed by atoms with Gasteiger partial charge in [-0.15, -0.1) is 0 Å². The first-order valence-corrected chi connectivity index (χ1v) is 6.51. The summed E-state index contributed by atoms with van der Waals surface area (Å²) in [7, 11) is 0. The molecule has 1 amide bonds. The SMILES string of the molecule is Cc1ccc(F)cc1NC(=O)CN1CCC(O)CC1. The van der Waals surface area contributed by atoms with E-state index in [0.29, 0.717) is 18.5 Å². The Labute approximate surface area is 112 Å². The number of anilines is 1. The fourth-order valence-electron chi connectivity index (χ4n) is 2.20. The number of aryl methyl sites for hydroxylation is 1. The van der Waals surface area contributed by atoms with Crippen LogP contribution >= 0.6 is 0 Å². The van der Waals surface area contributed by atoms with Gasteiger partial charge in [-0.05, 0) is 37.5 Å². The maximum absolute atomic E-state index is 13.1. The quantitative estimate of drug-likeness (QED) is 0.872. The number of nitrogens with one attached hydrogen (secondary N) is 1. The van der Waals surface area contributed by atoms with Crippen molar-refractivity contribution in [2.24, 2.45) is 0 Å². The molecule has 0 bridgehead atoms. The zero-order chi connectivity index (χ0) is 13.8. The lowest BCUT2D eigenvalue weighted by molar-refractivity contribution is -0.117. The molecule has 1 aliphatic rings. The highest BCUT2D eigenvalue weighted by atomic mass is 19.1. The van der Waals surface area contributed by atoms with Crippen LogP contribution in [0.5, 0.6) is 0 Å². The van der Waals surface area contributed by atoms with Crippen LogP contribution in [0.15, 0.2) is 18.2 Å². The van der Waals surface area contributed by atoms with Gasteiger partial charge in [0.2, 0.25) is 5.91 Å². The van der Waals surface area contributed by atoms with Crippen molar-refractivity contribution in [1.82, 2.24) is 4.90 Å². The lowest BCUT2D eigenvalue weighted by atomic mass is 10.1. The second-order valence-corrected chi connectivity index (χ2v) is 5.01. The van der Waals surface area contributed by atoms with Crippen molar-refractivity contribution in [2.75, 3.05) is 25.0 Å². The maximum Gasteiger partial charge on any atom is 0.238 e. The van der Waals surface area contributed by atoms with Crippen LogP contribution in [0.3, 0.4) is 0 Å². The predicted molar refractivity (Wildman–Crippen MR) is 71.4 cm³/mol. The van der Waals surface area contributed by atoms with Crippen molar-refractivity contribution in [3.8, 4) is 0 Å². The van der Waals surface area contributed by atoms with Gasteiger partial charge < -0.3 is 10.4 Å². The molecule has 0 atom stereocenters. The fraction of sp³-hybridized carbons (Fsp3) is 0.500. The zero-order valence-electron chi connectivity index (χ0n) is 11.0. The number of piperidine rings is 1. The van der Waals surface area contributed by atoms with Crippen LogP contribution in [0.25, 0.3) is 0 Å². The fourth-order valence-corrected chi connectivity index (χ4v) is 2.20. The smallest absolute Gasteiger partial charge is 0.238 e. The van der Waals surface area contributed by atoms with Gasteiger partial charge in [0.25, 0.3) is 0 Å². The summed E-state index contributed by atoms with van der Waals surface area (Å²) in [4.78, 5) is 13.9. The number of aliphatic hydroxyl groups is 1. The van der Waals surface area contributed by atoms with Crippen molar-refractivity contribution in [2.45, 2.75) is 25.9 Å². The minimum absolute atomic E-state index is 0.148. The van der Waals surface area contributed by atoms with Crippen molar-refractivity contribution >= 4 is 11.6 Å². The van der Waals surface area contributed by atoms with Crippen molar-refractivity contribution in [1.29, 1.82) is 0 Å². The normalized spacial score (nSPS) is 17.4. The lowest BCUT2D eigenvalue weighted by Crippen LogP contribution is -2.40. The number of benzene rings is 1. The molecular weight excluding hydrogens is 247 g/mol. The summed E-state index contributed by atoms with van der Waals surface area (Å²) >= 11 is 0. The number of rotatable bonds is 3. The summed E-state index contributed by atoms with van der Waals surface area (Å²) < 4.78 is 13.1. The molecule has 1 aromatic rings. The highest BCUT2D eigenvalue weighted by Gasteiger charge is 2.19. The third-order valence-corrected chi connectivity index (χ3v) is 3.40. The molecule has 1 fully saturated rings. The largest absolute Gasteiger partial charge is 0.393 e. The van der Waals surface area contributed by atoms with Crippen LogP contribution in [-0.4, -0.2) is 41.7 Å². The molecule has 0 aliphatic carbocycles. The Balaban J connectivity index is 1.89. The van der Waals surface area contributed by atoms with E-state index in [0.717, 1.165) is 18.7 Å². The molecule has 1 saturated heterocycles. The molecule has 104 valence electrons. The van der Waals surface area contributed by atoms with Crippen molar-refractivity contribution in [3.05, 3.63) is 29.6 Å². The molecular formula is C14H19FN2O2. The van der Waals surface area contributed by atoms with Gasteiger partial charge in [-0.25, -0.2) is 4.39 Å². The number of carbonyl (C=O) groups is 1. The average Bonchev–Trinajstić information content (AvgIpc) is 2.37. The van der Waals surface area contributed by atoms with E-state index in [1.807, 2.05) is 11.8 Å². The van der Waals surface area contributed by atoms with Crippen LogP contribution in [0.2, 0.25) is 0 Å². The van der Waals surface area contributed by atoms with E-state index in [1.54, 1.807) is 6.07 Å². The van der Waals surface area contributed by atoms with Crippen LogP contribution in [0, 0.1) is 12.7 Å². The third-order valence-electron chi connectivity index (χ3n) is 3.40. The summed E-state index contributed by atoms with van der Waals surface area (Å²) in [5.74, 6) is -0.507. The van der Waals surface area contributed by atoms with Crippen LogP contribution in [0.4, 0.5) is 10.1 Å². The van der Waals surface area contributed by atoms with Gasteiger partial charge in [-0.2, -0.15) is 0 Å². The number of hydrogen-bond acceptors (Lipinski definition) is 3. The molecule has 1 heterocycles. The summed E-state index contributed by atoms with van der Waals surface area (Å²) in [6, 6.07) is 4.34. The van der Waals surface area contributed by atoms with Gasteiger partial charge in [0.05, 0.1) is 12.6 Å². The van der Waals surface area contributed by atoms with E-state index < -0.39 is 0 Å². The molecule has 0 spiro atoms. The van der Waals surface area contributed by atoms with Gasteiger partial charge in [0.15, 0.2) is 0 Å². The Kier molecular flexibility index (Phi) is 4.50. The Morgan fingerprint density at radius 3 is 2.84 bits per heavy atom. The predicted octanol–water partition coefficient (Wildman–Crippen LogP) is 1.53. The highest BCUT2D eigenvalue weighted by molar-refractivity contribution is 5.92. The molecule has 2 rings (SSSR count). The van der Waals surface area contributed by atoms with Gasteiger partial charge in [0, 0.05) is 18.8 Å². The number of nitrogens with zero attached hydrogens (tertiary/aromatic N) is 1. The zero-order valence-corrected chi connectivity index (χ0v) is 11.0. The Morgan fingerprint density at radius 1 is 1.47 bits per heavy atom. The molecule has 0 radical (unpaired) electrons. The number of hydrogen-bond donors (Lipinski definition) is 2. The number of amides is 1. The second-order valence-electron chi connectivity index (χ2n) is 5.01. The van der Waals surface area contributed by atoms with E-state index in [2.05, 4.69) is 5.32 Å². The molecule has 0 unspecified atom stereocenters. The van der Waals surface area contributed by atoms with Crippen molar-refractivity contribution < 1.29 is 14.3 Å². The number of carbonyl (C=O) groups excluding carboxylic acids is 1. The first-order valence-electron chi connectivity index (χ1n) is 6.51. The second kappa shape index (κ2) is 6.12. The van der Waals surface area contributed by atoms with Crippen molar-refractivity contribution in [3.63, 3.8) is 0 Å². The van der Waals surface area contributed by atoms with E-state index in [-0.39, 0.29) is 24.4 Å². The number of likely N-dealkylation sites (tertiary alicyclic amines) is 1. The van der Waals surface area contributed by atoms with Gasteiger partial charge in [-0.1, -0.05) is 6.07 Å². The van der Waals surface area contributed by atoms with Gasteiger partial charge in [0.1, 0.15) is 5.82 Å². The first-order chi connectivity index (χ1) is 9.04. The molecule has 4 nitrogen and oxygen atoms in total. The van der Waals surface area contributed by atoms with E-state index in [1.165, 1.54) is 12.1 Å². The minimum Gasteiger partial charge on any atom is -0.393 e. The van der Waals surface area contributed by atoms with Gasteiger partial charge in [-0.3, -0.25) is 9.69 Å². The molecule has 1 aromatic carbocycles. The topological polar surface area (TPSA) is 52.6 Å². The minimum atomic E-state index is -0.359. The van der Waals surface area contributed by atoms with E-state index >= 15 is 0 Å². The summed E-state index contributed by atoms with van der Waals surface area (Å²) in [5, 5.41) is 12.1. The molecule has 19 heavy (non-hydrogen) atoms.